The first-order valence-corrected chi connectivity index (χ1v) is 4.57. The van der Waals surface area contributed by atoms with Gasteiger partial charge in [-0.3, -0.25) is 4.79 Å². The number of rotatable bonds is 3. The zero-order valence-corrected chi connectivity index (χ0v) is 8.69. The molecule has 5 nitrogen and oxygen atoms in total. The number of imidazole rings is 1. The van der Waals surface area contributed by atoms with E-state index in [0.29, 0.717) is 11.7 Å². The summed E-state index contributed by atoms with van der Waals surface area (Å²) >= 11 is 0. The molecule has 0 aliphatic heterocycles. The van der Waals surface area contributed by atoms with Gasteiger partial charge in [0, 0.05) is 6.04 Å². The first-order valence-electron chi connectivity index (χ1n) is 4.57. The number of nitrogen functional groups attached to an aromatic ring is 1. The quantitative estimate of drug-likeness (QED) is 0.748. The van der Waals surface area contributed by atoms with E-state index in [2.05, 4.69) is 18.8 Å². The highest BCUT2D eigenvalue weighted by Crippen LogP contribution is 2.21. The molecule has 1 rings (SSSR count). The Hall–Kier alpha value is -1.52. The summed E-state index contributed by atoms with van der Waals surface area (Å²) in [5.41, 5.74) is 11.0. The monoisotopic (exact) mass is 196 g/mol. The van der Waals surface area contributed by atoms with E-state index in [1.54, 1.807) is 10.9 Å². The number of hydrogen-bond acceptors (Lipinski definition) is 3. The van der Waals surface area contributed by atoms with Crippen molar-refractivity contribution in [3.8, 4) is 0 Å². The van der Waals surface area contributed by atoms with Gasteiger partial charge in [0.1, 0.15) is 5.82 Å². The van der Waals surface area contributed by atoms with E-state index in [1.165, 1.54) is 0 Å². The fraction of sp³-hybridized carbons (Fsp3) is 0.556. The van der Waals surface area contributed by atoms with Crippen LogP contribution in [0.5, 0.6) is 0 Å². The largest absolute Gasteiger partial charge is 0.383 e. The minimum Gasteiger partial charge on any atom is -0.383 e. The van der Waals surface area contributed by atoms with Gasteiger partial charge in [0.15, 0.2) is 5.69 Å². The van der Waals surface area contributed by atoms with E-state index in [1.807, 2.05) is 6.92 Å². The lowest BCUT2D eigenvalue weighted by molar-refractivity contribution is 0.0997. The number of amides is 1. The van der Waals surface area contributed by atoms with Gasteiger partial charge in [0.25, 0.3) is 5.91 Å². The molecule has 0 aliphatic rings. The molecule has 4 N–H and O–H groups in total. The van der Waals surface area contributed by atoms with Gasteiger partial charge in [-0.05, 0) is 12.8 Å². The number of nitrogens with two attached hydrogens (primary N) is 2. The number of aromatic nitrogens is 2. The van der Waals surface area contributed by atoms with Crippen molar-refractivity contribution >= 4 is 11.7 Å². The number of carbonyl (C=O) groups excluding carboxylic acids is 1. The Bertz CT molecular complexity index is 343. The molecular formula is C9H16N4O. The average Bonchev–Trinajstić information content (AvgIpc) is 2.45. The molecule has 0 spiro atoms. The maximum atomic E-state index is 10.9. The summed E-state index contributed by atoms with van der Waals surface area (Å²) in [6, 6.07) is 0.204. The van der Waals surface area contributed by atoms with Crippen LogP contribution in [0.25, 0.3) is 0 Å². The molecule has 0 radical (unpaired) electrons. The average molecular weight is 196 g/mol. The van der Waals surface area contributed by atoms with Gasteiger partial charge < -0.3 is 16.0 Å². The van der Waals surface area contributed by atoms with Crippen molar-refractivity contribution in [3.05, 3.63) is 12.0 Å². The number of nitrogens with zero attached hydrogens (tertiary/aromatic N) is 2. The van der Waals surface area contributed by atoms with Crippen LogP contribution in [0.2, 0.25) is 0 Å². The molecule has 0 saturated heterocycles. The van der Waals surface area contributed by atoms with Crippen LogP contribution in [0.4, 0.5) is 5.82 Å². The van der Waals surface area contributed by atoms with Crippen molar-refractivity contribution in [1.82, 2.24) is 9.55 Å². The summed E-state index contributed by atoms with van der Waals surface area (Å²) in [5.74, 6) is 0.183. The summed E-state index contributed by atoms with van der Waals surface area (Å²) in [6.07, 6.45) is 1.56. The Kier molecular flexibility index (Phi) is 2.78. The molecule has 0 unspecified atom stereocenters. The Balaban J connectivity index is 3.06. The third-order valence-electron chi connectivity index (χ3n) is 2.47. The van der Waals surface area contributed by atoms with Crippen LogP contribution in [0.1, 0.15) is 37.3 Å². The second kappa shape index (κ2) is 3.69. The van der Waals surface area contributed by atoms with Crippen LogP contribution in [-0.4, -0.2) is 15.5 Å². The van der Waals surface area contributed by atoms with Crippen molar-refractivity contribution in [3.63, 3.8) is 0 Å². The minimum atomic E-state index is -0.586. The molecule has 1 aromatic heterocycles. The normalized spacial score (nSPS) is 13.1. The van der Waals surface area contributed by atoms with Crippen LogP contribution < -0.4 is 11.5 Å². The molecule has 1 aromatic rings. The smallest absolute Gasteiger partial charge is 0.271 e. The molecule has 0 fully saturated rings. The molecule has 1 atom stereocenters. The maximum absolute atomic E-state index is 10.9. The van der Waals surface area contributed by atoms with Crippen molar-refractivity contribution in [1.29, 1.82) is 0 Å². The van der Waals surface area contributed by atoms with Crippen LogP contribution in [-0.2, 0) is 0 Å². The third kappa shape index (κ3) is 1.71. The summed E-state index contributed by atoms with van der Waals surface area (Å²) < 4.78 is 1.77. The number of anilines is 1. The van der Waals surface area contributed by atoms with E-state index in [9.17, 15) is 4.79 Å². The second-order valence-electron chi connectivity index (χ2n) is 3.73. The Labute approximate surface area is 83.1 Å². The van der Waals surface area contributed by atoms with Gasteiger partial charge >= 0.3 is 0 Å². The summed E-state index contributed by atoms with van der Waals surface area (Å²) in [5, 5.41) is 0. The van der Waals surface area contributed by atoms with Crippen molar-refractivity contribution in [2.45, 2.75) is 26.8 Å². The maximum Gasteiger partial charge on any atom is 0.271 e. The Morgan fingerprint density at radius 2 is 2.07 bits per heavy atom. The third-order valence-corrected chi connectivity index (χ3v) is 2.47. The topological polar surface area (TPSA) is 86.9 Å². The van der Waals surface area contributed by atoms with Crippen LogP contribution in [0.15, 0.2) is 6.33 Å². The molecule has 0 aliphatic carbocycles. The van der Waals surface area contributed by atoms with Gasteiger partial charge in [0.2, 0.25) is 0 Å². The second-order valence-corrected chi connectivity index (χ2v) is 3.73. The SMILES string of the molecule is CC(C)[C@H](C)n1cnc(C(N)=O)c1N. The fourth-order valence-electron chi connectivity index (χ4n) is 1.21. The lowest BCUT2D eigenvalue weighted by Gasteiger charge is -2.18. The Morgan fingerprint density at radius 3 is 2.43 bits per heavy atom. The summed E-state index contributed by atoms with van der Waals surface area (Å²) in [4.78, 5) is 14.8. The zero-order valence-electron chi connectivity index (χ0n) is 8.69. The summed E-state index contributed by atoms with van der Waals surface area (Å²) in [6.45, 7) is 6.18. The van der Waals surface area contributed by atoms with E-state index in [0.717, 1.165) is 0 Å². The Morgan fingerprint density at radius 1 is 1.50 bits per heavy atom. The molecule has 78 valence electrons. The minimum absolute atomic E-state index is 0.150. The van der Waals surface area contributed by atoms with Gasteiger partial charge in [-0.15, -0.1) is 0 Å². The molecule has 0 aromatic carbocycles. The summed E-state index contributed by atoms with van der Waals surface area (Å²) in [7, 11) is 0. The fourth-order valence-corrected chi connectivity index (χ4v) is 1.21. The first-order chi connectivity index (χ1) is 6.45. The van der Waals surface area contributed by atoms with Gasteiger partial charge in [-0.25, -0.2) is 4.98 Å². The zero-order chi connectivity index (χ0) is 10.9. The lowest BCUT2D eigenvalue weighted by Crippen LogP contribution is -2.17. The molecule has 0 bridgehead atoms. The van der Waals surface area contributed by atoms with Crippen LogP contribution in [0.3, 0.4) is 0 Å². The van der Waals surface area contributed by atoms with Crippen molar-refractivity contribution in [2.24, 2.45) is 11.7 Å². The van der Waals surface area contributed by atoms with E-state index >= 15 is 0 Å². The predicted octanol–water partition coefficient (Wildman–Crippen LogP) is 0.781. The van der Waals surface area contributed by atoms with Crippen molar-refractivity contribution < 1.29 is 4.79 Å². The van der Waals surface area contributed by atoms with Gasteiger partial charge in [-0.1, -0.05) is 13.8 Å². The van der Waals surface area contributed by atoms with Gasteiger partial charge in [0.05, 0.1) is 6.33 Å². The standard InChI is InChI=1S/C9H16N4O/c1-5(2)6(3)13-4-12-7(8(13)10)9(11)14/h4-6H,10H2,1-3H3,(H2,11,14)/t6-/m0/s1. The number of primary amides is 1. The molecule has 14 heavy (non-hydrogen) atoms. The highest BCUT2D eigenvalue weighted by atomic mass is 16.1. The van der Waals surface area contributed by atoms with Gasteiger partial charge in [-0.2, -0.15) is 0 Å². The van der Waals surface area contributed by atoms with Crippen LogP contribution >= 0.6 is 0 Å². The van der Waals surface area contributed by atoms with Crippen LogP contribution in [0, 0.1) is 5.92 Å². The molecule has 1 amide bonds. The first kappa shape index (κ1) is 10.6. The molecule has 1 heterocycles. The highest BCUT2D eigenvalue weighted by molar-refractivity contribution is 5.95. The molecule has 5 heteroatoms. The molecular weight excluding hydrogens is 180 g/mol. The van der Waals surface area contributed by atoms with Crippen molar-refractivity contribution in [2.75, 3.05) is 5.73 Å². The molecule has 0 saturated carbocycles. The van der Waals surface area contributed by atoms with E-state index in [-0.39, 0.29) is 11.7 Å². The number of hydrogen-bond donors (Lipinski definition) is 2. The number of carbonyl (C=O) groups is 1. The highest BCUT2D eigenvalue weighted by Gasteiger charge is 2.17. The predicted molar refractivity (Wildman–Crippen MR) is 54.7 cm³/mol. The lowest BCUT2D eigenvalue weighted by atomic mass is 10.1. The van der Waals surface area contributed by atoms with E-state index < -0.39 is 5.91 Å². The van der Waals surface area contributed by atoms with E-state index in [4.69, 9.17) is 11.5 Å².